The highest BCUT2D eigenvalue weighted by Gasteiger charge is 2.31. The van der Waals surface area contributed by atoms with Crippen LogP contribution in [0.5, 0.6) is 0 Å². The van der Waals surface area contributed by atoms with Crippen LogP contribution in [0.15, 0.2) is 12.7 Å². The van der Waals surface area contributed by atoms with E-state index in [-0.39, 0.29) is 5.92 Å². The molecule has 0 rings (SSSR count). The molecule has 0 aromatic heterocycles. The SMILES string of the molecule is C#CC(C=C)(OC(N)=O)C(C)C. The van der Waals surface area contributed by atoms with Gasteiger partial charge in [-0.25, -0.2) is 4.79 Å². The number of terminal acetylenes is 1. The Bertz CT molecular complexity index is 227. The molecule has 1 atom stereocenters. The standard InChI is InChI=1S/C9H13NO2/c1-5-9(6-2,7(3)4)12-8(10)11/h1,6-7H,2H2,3-4H3,(H2,10,11). The predicted molar refractivity (Wildman–Crippen MR) is 47.3 cm³/mol. The van der Waals surface area contributed by atoms with Crippen LogP contribution in [0, 0.1) is 18.3 Å². The van der Waals surface area contributed by atoms with Crippen molar-refractivity contribution >= 4 is 6.09 Å². The van der Waals surface area contributed by atoms with Crippen LogP contribution in [-0.4, -0.2) is 11.7 Å². The first-order valence-electron chi connectivity index (χ1n) is 3.58. The van der Waals surface area contributed by atoms with E-state index in [0.29, 0.717) is 0 Å². The predicted octanol–water partition coefficient (Wildman–Crippen LogP) is 1.30. The lowest BCUT2D eigenvalue weighted by Gasteiger charge is -2.27. The van der Waals surface area contributed by atoms with Crippen LogP contribution in [0.4, 0.5) is 4.79 Å². The number of hydrogen-bond donors (Lipinski definition) is 1. The van der Waals surface area contributed by atoms with Gasteiger partial charge in [0, 0.05) is 5.92 Å². The van der Waals surface area contributed by atoms with Crippen molar-refractivity contribution < 1.29 is 9.53 Å². The van der Waals surface area contributed by atoms with E-state index in [0.717, 1.165) is 0 Å². The summed E-state index contributed by atoms with van der Waals surface area (Å²) in [5.41, 5.74) is 3.79. The number of nitrogens with two attached hydrogens (primary N) is 1. The van der Waals surface area contributed by atoms with Crippen molar-refractivity contribution in [1.29, 1.82) is 0 Å². The number of carbonyl (C=O) groups is 1. The molecule has 0 aliphatic rings. The molecule has 0 aromatic rings. The van der Waals surface area contributed by atoms with E-state index < -0.39 is 11.7 Å². The lowest BCUT2D eigenvalue weighted by molar-refractivity contribution is 0.0624. The van der Waals surface area contributed by atoms with Crippen LogP contribution >= 0.6 is 0 Å². The summed E-state index contributed by atoms with van der Waals surface area (Å²) in [5, 5.41) is 0. The molecule has 0 saturated carbocycles. The Labute approximate surface area is 72.6 Å². The zero-order valence-corrected chi connectivity index (χ0v) is 7.33. The van der Waals surface area contributed by atoms with Crippen LogP contribution in [0.1, 0.15) is 13.8 Å². The number of amides is 1. The van der Waals surface area contributed by atoms with Crippen molar-refractivity contribution in [2.24, 2.45) is 11.7 Å². The normalized spacial score (nSPS) is 14.5. The fourth-order valence-electron chi connectivity index (χ4n) is 0.817. The zero-order valence-electron chi connectivity index (χ0n) is 7.33. The van der Waals surface area contributed by atoms with Gasteiger partial charge in [-0.3, -0.25) is 0 Å². The molecule has 0 bridgehead atoms. The highest BCUT2D eigenvalue weighted by atomic mass is 16.6. The molecule has 0 saturated heterocycles. The Hall–Kier alpha value is -1.43. The lowest BCUT2D eigenvalue weighted by atomic mass is 9.91. The fourth-order valence-corrected chi connectivity index (χ4v) is 0.817. The van der Waals surface area contributed by atoms with Gasteiger partial charge in [0.05, 0.1) is 0 Å². The number of hydrogen-bond acceptors (Lipinski definition) is 2. The van der Waals surface area contributed by atoms with Gasteiger partial charge in [0.2, 0.25) is 0 Å². The molecular weight excluding hydrogens is 154 g/mol. The summed E-state index contributed by atoms with van der Waals surface area (Å²) in [7, 11) is 0. The molecule has 1 amide bonds. The minimum absolute atomic E-state index is 0.0486. The van der Waals surface area contributed by atoms with Gasteiger partial charge in [-0.05, 0) is 6.08 Å². The molecule has 66 valence electrons. The van der Waals surface area contributed by atoms with E-state index in [1.54, 1.807) is 0 Å². The summed E-state index contributed by atoms with van der Waals surface area (Å²) in [6.07, 6.45) is 5.73. The van der Waals surface area contributed by atoms with Crippen molar-refractivity contribution in [2.45, 2.75) is 19.4 Å². The first-order chi connectivity index (χ1) is 5.48. The minimum atomic E-state index is -1.08. The maximum absolute atomic E-state index is 10.5. The molecule has 0 heterocycles. The third-order valence-corrected chi connectivity index (χ3v) is 1.66. The highest BCUT2D eigenvalue weighted by molar-refractivity contribution is 5.66. The average Bonchev–Trinajstić information content (AvgIpc) is 1.99. The maximum atomic E-state index is 10.5. The number of ether oxygens (including phenoxy) is 1. The van der Waals surface area contributed by atoms with Gasteiger partial charge in [0.1, 0.15) is 0 Å². The van der Waals surface area contributed by atoms with Crippen LogP contribution in [0.2, 0.25) is 0 Å². The summed E-state index contributed by atoms with van der Waals surface area (Å²) >= 11 is 0. The number of primary amides is 1. The first kappa shape index (κ1) is 10.6. The van der Waals surface area contributed by atoms with Crippen molar-refractivity contribution in [2.75, 3.05) is 0 Å². The van der Waals surface area contributed by atoms with Crippen LogP contribution < -0.4 is 5.73 Å². The van der Waals surface area contributed by atoms with Gasteiger partial charge in [-0.15, -0.1) is 6.42 Å². The van der Waals surface area contributed by atoms with E-state index in [4.69, 9.17) is 16.9 Å². The van der Waals surface area contributed by atoms with Gasteiger partial charge in [0.15, 0.2) is 5.60 Å². The van der Waals surface area contributed by atoms with Gasteiger partial charge >= 0.3 is 6.09 Å². The van der Waals surface area contributed by atoms with E-state index in [1.165, 1.54) is 6.08 Å². The van der Waals surface area contributed by atoms with E-state index >= 15 is 0 Å². The Kier molecular flexibility index (Phi) is 3.36. The molecule has 12 heavy (non-hydrogen) atoms. The van der Waals surface area contributed by atoms with Gasteiger partial charge in [-0.1, -0.05) is 26.3 Å². The molecule has 0 aliphatic carbocycles. The third-order valence-electron chi connectivity index (χ3n) is 1.66. The van der Waals surface area contributed by atoms with Gasteiger partial charge in [0.25, 0.3) is 0 Å². The van der Waals surface area contributed by atoms with Crippen molar-refractivity contribution in [3.8, 4) is 12.3 Å². The van der Waals surface area contributed by atoms with E-state index in [1.807, 2.05) is 13.8 Å². The maximum Gasteiger partial charge on any atom is 0.406 e. The monoisotopic (exact) mass is 167 g/mol. The lowest BCUT2D eigenvalue weighted by Crippen LogP contribution is -2.38. The number of carbonyl (C=O) groups excluding carboxylic acids is 1. The molecule has 2 N–H and O–H groups in total. The summed E-state index contributed by atoms with van der Waals surface area (Å²) < 4.78 is 4.78. The fraction of sp³-hybridized carbons (Fsp3) is 0.444. The second-order valence-corrected chi connectivity index (χ2v) is 2.72. The molecular formula is C9H13NO2. The van der Waals surface area contributed by atoms with Gasteiger partial charge < -0.3 is 10.5 Å². The molecule has 1 unspecified atom stereocenters. The first-order valence-corrected chi connectivity index (χ1v) is 3.58. The topological polar surface area (TPSA) is 52.3 Å². The summed E-state index contributed by atoms with van der Waals surface area (Å²) in [6, 6.07) is 0. The Balaban J connectivity index is 4.73. The van der Waals surface area contributed by atoms with Crippen LogP contribution in [-0.2, 0) is 4.74 Å². The van der Waals surface area contributed by atoms with Crippen molar-refractivity contribution in [3.05, 3.63) is 12.7 Å². The molecule has 3 heteroatoms. The highest BCUT2D eigenvalue weighted by Crippen LogP contribution is 2.22. The second kappa shape index (κ2) is 3.82. The van der Waals surface area contributed by atoms with Crippen LogP contribution in [0.3, 0.4) is 0 Å². The third kappa shape index (κ3) is 2.03. The minimum Gasteiger partial charge on any atom is -0.426 e. The molecule has 0 radical (unpaired) electrons. The summed E-state index contributed by atoms with van der Waals surface area (Å²) in [6.45, 7) is 7.15. The Morgan fingerprint density at radius 3 is 2.42 bits per heavy atom. The summed E-state index contributed by atoms with van der Waals surface area (Å²) in [4.78, 5) is 10.5. The van der Waals surface area contributed by atoms with Crippen molar-refractivity contribution in [3.63, 3.8) is 0 Å². The number of rotatable bonds is 3. The van der Waals surface area contributed by atoms with Crippen molar-refractivity contribution in [1.82, 2.24) is 0 Å². The van der Waals surface area contributed by atoms with E-state index in [9.17, 15) is 4.79 Å². The van der Waals surface area contributed by atoms with Gasteiger partial charge in [-0.2, -0.15) is 0 Å². The Morgan fingerprint density at radius 2 is 2.33 bits per heavy atom. The average molecular weight is 167 g/mol. The van der Waals surface area contributed by atoms with E-state index in [2.05, 4.69) is 12.5 Å². The molecule has 0 fully saturated rings. The smallest absolute Gasteiger partial charge is 0.406 e. The molecule has 0 spiro atoms. The zero-order chi connectivity index (χ0) is 9.78. The molecule has 0 aliphatic heterocycles. The summed E-state index contributed by atoms with van der Waals surface area (Å²) in [5.74, 6) is 2.31. The second-order valence-electron chi connectivity index (χ2n) is 2.72. The molecule has 3 nitrogen and oxygen atoms in total. The Morgan fingerprint density at radius 1 is 1.83 bits per heavy atom. The quantitative estimate of drug-likeness (QED) is 0.508. The largest absolute Gasteiger partial charge is 0.426 e. The molecule has 0 aromatic carbocycles. The van der Waals surface area contributed by atoms with Crippen LogP contribution in [0.25, 0.3) is 0 Å².